The molecular weight excluding hydrogens is 262 g/mol. The highest BCUT2D eigenvalue weighted by Gasteiger charge is 2.23. The lowest BCUT2D eigenvalue weighted by Gasteiger charge is -2.25. The molecule has 1 unspecified atom stereocenters. The average molecular weight is 289 g/mol. The van der Waals surface area contributed by atoms with Crippen LogP contribution < -0.4 is 10.0 Å². The molecule has 2 fully saturated rings. The Morgan fingerprint density at radius 1 is 1.26 bits per heavy atom. The van der Waals surface area contributed by atoms with Gasteiger partial charge in [0.15, 0.2) is 0 Å². The van der Waals surface area contributed by atoms with Crippen molar-refractivity contribution in [3.05, 3.63) is 0 Å². The predicted molar refractivity (Wildman–Crippen MR) is 77.7 cm³/mol. The van der Waals surface area contributed by atoms with Crippen LogP contribution in [0.3, 0.4) is 0 Å². The molecule has 0 radical (unpaired) electrons. The first-order valence-corrected chi connectivity index (χ1v) is 9.13. The van der Waals surface area contributed by atoms with E-state index in [0.29, 0.717) is 11.7 Å². The third kappa shape index (κ3) is 5.38. The number of likely N-dealkylation sites (tertiary alicyclic amines) is 1. The van der Waals surface area contributed by atoms with Crippen LogP contribution in [0.5, 0.6) is 0 Å². The Kier molecular flexibility index (Phi) is 5.62. The Morgan fingerprint density at radius 3 is 2.53 bits per heavy atom. The van der Waals surface area contributed by atoms with Crippen LogP contribution in [0, 0.1) is 5.92 Å². The third-order valence-electron chi connectivity index (χ3n) is 4.03. The molecule has 1 atom stereocenters. The van der Waals surface area contributed by atoms with Gasteiger partial charge in [-0.1, -0.05) is 0 Å². The number of hydrogen-bond acceptors (Lipinski definition) is 4. The van der Waals surface area contributed by atoms with Gasteiger partial charge < -0.3 is 10.2 Å². The summed E-state index contributed by atoms with van der Waals surface area (Å²) in [7, 11) is -3.13. The molecular formula is C13H27N3O2S. The van der Waals surface area contributed by atoms with E-state index in [1.54, 1.807) is 0 Å². The maximum absolute atomic E-state index is 12.1. The first-order valence-electron chi connectivity index (χ1n) is 7.48. The number of hydrogen-bond donors (Lipinski definition) is 2. The number of nitrogens with zero attached hydrogens (tertiary/aromatic N) is 1. The number of piperidine rings is 1. The number of sulfonamides is 1. The smallest absolute Gasteiger partial charge is 0.212 e. The second-order valence-electron chi connectivity index (χ2n) is 6.00. The highest BCUT2D eigenvalue weighted by atomic mass is 32.2. The molecule has 2 rings (SSSR count). The normalized spacial score (nSPS) is 24.7. The maximum atomic E-state index is 12.1. The molecule has 112 valence electrons. The molecule has 0 aromatic carbocycles. The molecule has 2 saturated heterocycles. The summed E-state index contributed by atoms with van der Waals surface area (Å²) in [5.41, 5.74) is 0. The van der Waals surface area contributed by atoms with E-state index < -0.39 is 10.0 Å². The molecule has 0 amide bonds. The summed E-state index contributed by atoms with van der Waals surface area (Å²) in [5, 5.41) is 3.27. The van der Waals surface area contributed by atoms with Crippen molar-refractivity contribution in [2.24, 2.45) is 5.92 Å². The molecule has 2 N–H and O–H groups in total. The summed E-state index contributed by atoms with van der Waals surface area (Å²) in [5.74, 6) is 0.608. The first-order chi connectivity index (χ1) is 9.05. The van der Waals surface area contributed by atoms with Crippen molar-refractivity contribution in [3.63, 3.8) is 0 Å². The Bertz CT molecular complexity index is 360. The summed E-state index contributed by atoms with van der Waals surface area (Å²) in [6.45, 7) is 6.93. The molecule has 2 heterocycles. The second-order valence-corrected chi connectivity index (χ2v) is 7.80. The van der Waals surface area contributed by atoms with Crippen molar-refractivity contribution < 1.29 is 8.42 Å². The van der Waals surface area contributed by atoms with Crippen molar-refractivity contribution in [2.45, 2.75) is 38.6 Å². The minimum Gasteiger partial charge on any atom is -0.317 e. The molecule has 0 saturated carbocycles. The second kappa shape index (κ2) is 7.02. The lowest BCUT2D eigenvalue weighted by atomic mass is 10.0. The van der Waals surface area contributed by atoms with Crippen molar-refractivity contribution >= 4 is 10.0 Å². The highest BCUT2D eigenvalue weighted by molar-refractivity contribution is 7.89. The van der Waals surface area contributed by atoms with E-state index in [1.807, 2.05) is 6.92 Å². The van der Waals surface area contributed by atoms with Crippen molar-refractivity contribution in [2.75, 3.05) is 38.5 Å². The Morgan fingerprint density at radius 2 is 1.89 bits per heavy atom. The van der Waals surface area contributed by atoms with Crippen LogP contribution in [-0.2, 0) is 10.0 Å². The van der Waals surface area contributed by atoms with Gasteiger partial charge in [-0.2, -0.15) is 0 Å². The minimum atomic E-state index is -3.13. The van der Waals surface area contributed by atoms with E-state index in [9.17, 15) is 8.42 Å². The molecule has 2 aliphatic heterocycles. The van der Waals surface area contributed by atoms with Gasteiger partial charge in [0, 0.05) is 12.6 Å². The van der Waals surface area contributed by atoms with Gasteiger partial charge in [-0.05, 0) is 64.7 Å². The van der Waals surface area contributed by atoms with Gasteiger partial charge in [0.1, 0.15) is 0 Å². The Balaban J connectivity index is 1.75. The van der Waals surface area contributed by atoms with Gasteiger partial charge >= 0.3 is 0 Å². The molecule has 0 bridgehead atoms. The fourth-order valence-electron chi connectivity index (χ4n) is 3.10. The Labute approximate surface area is 117 Å². The molecule has 0 aliphatic carbocycles. The van der Waals surface area contributed by atoms with E-state index in [2.05, 4.69) is 14.9 Å². The predicted octanol–water partition coefficient (Wildman–Crippen LogP) is 0.390. The zero-order valence-corrected chi connectivity index (χ0v) is 12.7. The summed E-state index contributed by atoms with van der Waals surface area (Å²) in [6.07, 6.45) is 4.44. The summed E-state index contributed by atoms with van der Waals surface area (Å²) in [6, 6.07) is 0.0183. The fraction of sp³-hybridized carbons (Fsp3) is 1.00. The van der Waals surface area contributed by atoms with Crippen molar-refractivity contribution in [1.82, 2.24) is 14.9 Å². The largest absolute Gasteiger partial charge is 0.317 e. The summed E-state index contributed by atoms with van der Waals surface area (Å²) in [4.78, 5) is 2.34. The molecule has 2 aliphatic rings. The van der Waals surface area contributed by atoms with Crippen LogP contribution in [0.25, 0.3) is 0 Å². The van der Waals surface area contributed by atoms with Crippen LogP contribution in [0.1, 0.15) is 32.6 Å². The number of rotatable bonds is 6. The van der Waals surface area contributed by atoms with E-state index in [0.717, 1.165) is 45.6 Å². The average Bonchev–Trinajstić information content (AvgIpc) is 2.81. The maximum Gasteiger partial charge on any atom is 0.212 e. The monoisotopic (exact) mass is 289 g/mol. The van der Waals surface area contributed by atoms with Crippen molar-refractivity contribution in [3.8, 4) is 0 Å². The van der Waals surface area contributed by atoms with Gasteiger partial charge in [0.25, 0.3) is 0 Å². The molecule has 0 spiro atoms. The zero-order chi connectivity index (χ0) is 13.7. The lowest BCUT2D eigenvalue weighted by Crippen LogP contribution is -2.43. The van der Waals surface area contributed by atoms with Crippen LogP contribution in [0.4, 0.5) is 0 Å². The van der Waals surface area contributed by atoms with Crippen molar-refractivity contribution in [1.29, 1.82) is 0 Å². The summed E-state index contributed by atoms with van der Waals surface area (Å²) >= 11 is 0. The standard InChI is InChI=1S/C13H27N3O2S/c1-12(10-16-8-2-3-9-16)15-19(17,18)11-13-4-6-14-7-5-13/h12-15H,2-11H2,1H3. The minimum absolute atomic E-state index is 0.0183. The van der Waals surface area contributed by atoms with Crippen LogP contribution in [-0.4, -0.2) is 57.8 Å². The van der Waals surface area contributed by atoms with Crippen LogP contribution >= 0.6 is 0 Å². The van der Waals surface area contributed by atoms with E-state index in [1.165, 1.54) is 12.8 Å². The van der Waals surface area contributed by atoms with E-state index in [4.69, 9.17) is 0 Å². The Hall–Kier alpha value is -0.170. The number of nitrogens with one attached hydrogen (secondary N) is 2. The topological polar surface area (TPSA) is 61.4 Å². The SMILES string of the molecule is CC(CN1CCCC1)NS(=O)(=O)CC1CCNCC1. The van der Waals surface area contributed by atoms with Crippen LogP contribution in [0.2, 0.25) is 0 Å². The lowest BCUT2D eigenvalue weighted by molar-refractivity contribution is 0.312. The third-order valence-corrected chi connectivity index (χ3v) is 5.70. The zero-order valence-electron chi connectivity index (χ0n) is 11.9. The molecule has 5 nitrogen and oxygen atoms in total. The molecule has 19 heavy (non-hydrogen) atoms. The van der Waals surface area contributed by atoms with E-state index in [-0.39, 0.29) is 6.04 Å². The molecule has 0 aromatic heterocycles. The van der Waals surface area contributed by atoms with Gasteiger partial charge in [-0.3, -0.25) is 0 Å². The summed E-state index contributed by atoms with van der Waals surface area (Å²) < 4.78 is 27.1. The van der Waals surface area contributed by atoms with Gasteiger partial charge in [0.05, 0.1) is 5.75 Å². The molecule has 6 heteroatoms. The van der Waals surface area contributed by atoms with Gasteiger partial charge in [-0.15, -0.1) is 0 Å². The van der Waals surface area contributed by atoms with Gasteiger partial charge in [-0.25, -0.2) is 13.1 Å². The highest BCUT2D eigenvalue weighted by Crippen LogP contribution is 2.14. The molecule has 0 aromatic rings. The fourth-order valence-corrected chi connectivity index (χ4v) is 4.84. The van der Waals surface area contributed by atoms with E-state index >= 15 is 0 Å². The first kappa shape index (κ1) is 15.2. The van der Waals surface area contributed by atoms with Gasteiger partial charge in [0.2, 0.25) is 10.0 Å². The quantitative estimate of drug-likeness (QED) is 0.742. The van der Waals surface area contributed by atoms with Crippen LogP contribution in [0.15, 0.2) is 0 Å².